The van der Waals surface area contributed by atoms with Crippen molar-refractivity contribution in [2.45, 2.75) is 0 Å². The van der Waals surface area contributed by atoms with E-state index in [1.807, 2.05) is 24.3 Å². The zero-order valence-electron chi connectivity index (χ0n) is 11.4. The van der Waals surface area contributed by atoms with Crippen LogP contribution in [0.3, 0.4) is 0 Å². The van der Waals surface area contributed by atoms with E-state index in [9.17, 15) is 5.11 Å². The number of benzene rings is 3. The summed E-state index contributed by atoms with van der Waals surface area (Å²) in [5, 5.41) is 14.9. The molecule has 3 aromatic rings. The summed E-state index contributed by atoms with van der Waals surface area (Å²) in [5.41, 5.74) is 0.693. The number of anilines is 1. The van der Waals surface area contributed by atoms with Gasteiger partial charge in [-0.3, -0.25) is 0 Å². The SMILES string of the molecule is [CH2]Nc1cc(Cl)c(Oc2ccc(O)c3ccccc23)c(Cl)c1. The van der Waals surface area contributed by atoms with Gasteiger partial charge in [0.15, 0.2) is 5.75 Å². The zero-order chi connectivity index (χ0) is 15.7. The Morgan fingerprint density at radius 2 is 1.59 bits per heavy atom. The van der Waals surface area contributed by atoms with Gasteiger partial charge >= 0.3 is 0 Å². The fourth-order valence-corrected chi connectivity index (χ4v) is 2.78. The van der Waals surface area contributed by atoms with Gasteiger partial charge in [-0.1, -0.05) is 47.5 Å². The highest BCUT2D eigenvalue weighted by atomic mass is 35.5. The Morgan fingerprint density at radius 1 is 0.955 bits per heavy atom. The van der Waals surface area contributed by atoms with Crippen molar-refractivity contribution in [3.8, 4) is 17.2 Å². The molecule has 0 fully saturated rings. The molecule has 0 saturated carbocycles. The molecule has 22 heavy (non-hydrogen) atoms. The van der Waals surface area contributed by atoms with E-state index >= 15 is 0 Å². The fraction of sp³-hybridized carbons (Fsp3) is 0. The lowest BCUT2D eigenvalue weighted by Crippen LogP contribution is -1.91. The summed E-state index contributed by atoms with van der Waals surface area (Å²) < 4.78 is 5.88. The van der Waals surface area contributed by atoms with Crippen LogP contribution in [-0.4, -0.2) is 5.11 Å². The van der Waals surface area contributed by atoms with Gasteiger partial charge in [-0.05, 0) is 24.3 Å². The van der Waals surface area contributed by atoms with Gasteiger partial charge in [-0.15, -0.1) is 0 Å². The Hall–Kier alpha value is -2.10. The van der Waals surface area contributed by atoms with E-state index in [2.05, 4.69) is 12.4 Å². The van der Waals surface area contributed by atoms with Crippen LogP contribution < -0.4 is 10.1 Å². The first-order valence-corrected chi connectivity index (χ1v) is 7.26. The van der Waals surface area contributed by atoms with Crippen molar-refractivity contribution in [1.29, 1.82) is 0 Å². The molecule has 0 amide bonds. The molecule has 0 aliphatic rings. The molecule has 0 saturated heterocycles. The predicted molar refractivity (Wildman–Crippen MR) is 91.1 cm³/mol. The van der Waals surface area contributed by atoms with Crippen molar-refractivity contribution >= 4 is 39.7 Å². The number of phenols is 1. The molecule has 3 rings (SSSR count). The number of hydrogen-bond donors (Lipinski definition) is 2. The Labute approximate surface area is 138 Å². The van der Waals surface area contributed by atoms with E-state index in [-0.39, 0.29) is 5.75 Å². The second-order valence-electron chi connectivity index (χ2n) is 4.68. The smallest absolute Gasteiger partial charge is 0.164 e. The second-order valence-corrected chi connectivity index (χ2v) is 5.49. The first kappa shape index (κ1) is 14.8. The summed E-state index contributed by atoms with van der Waals surface area (Å²) in [6.45, 7) is 0. The van der Waals surface area contributed by atoms with E-state index in [4.69, 9.17) is 27.9 Å². The summed E-state index contributed by atoms with van der Waals surface area (Å²) in [6.07, 6.45) is 0. The molecule has 0 heterocycles. The number of rotatable bonds is 3. The van der Waals surface area contributed by atoms with Crippen LogP contribution in [-0.2, 0) is 0 Å². The maximum absolute atomic E-state index is 9.92. The molecule has 0 atom stereocenters. The quantitative estimate of drug-likeness (QED) is 0.632. The lowest BCUT2D eigenvalue weighted by molar-refractivity contribution is 0.473. The molecule has 1 radical (unpaired) electrons. The van der Waals surface area contributed by atoms with E-state index in [1.54, 1.807) is 24.3 Å². The number of ether oxygens (including phenoxy) is 1. The Bertz CT molecular complexity index is 826. The topological polar surface area (TPSA) is 41.5 Å². The normalized spacial score (nSPS) is 10.7. The number of fused-ring (bicyclic) bond motifs is 1. The van der Waals surface area contributed by atoms with Crippen molar-refractivity contribution in [3.05, 3.63) is 65.6 Å². The molecule has 0 spiro atoms. The van der Waals surface area contributed by atoms with Crippen molar-refractivity contribution in [1.82, 2.24) is 0 Å². The van der Waals surface area contributed by atoms with Gasteiger partial charge in [0.05, 0.1) is 10.0 Å². The lowest BCUT2D eigenvalue weighted by atomic mass is 10.1. The minimum atomic E-state index is 0.191. The average molecular weight is 333 g/mol. The number of halogens is 2. The summed E-state index contributed by atoms with van der Waals surface area (Å²) in [5.74, 6) is 1.11. The van der Waals surface area contributed by atoms with Crippen LogP contribution in [0.5, 0.6) is 17.2 Å². The van der Waals surface area contributed by atoms with Crippen molar-refractivity contribution in [3.63, 3.8) is 0 Å². The molecule has 0 aliphatic carbocycles. The number of phenolic OH excluding ortho intramolecular Hbond substituents is 1. The molecule has 0 aliphatic heterocycles. The van der Waals surface area contributed by atoms with Crippen LogP contribution in [0.1, 0.15) is 0 Å². The van der Waals surface area contributed by atoms with Crippen LogP contribution in [0.15, 0.2) is 48.5 Å². The highest BCUT2D eigenvalue weighted by molar-refractivity contribution is 6.37. The summed E-state index contributed by atoms with van der Waals surface area (Å²) in [7, 11) is 3.57. The molecule has 0 bridgehead atoms. The van der Waals surface area contributed by atoms with Crippen LogP contribution in [0.25, 0.3) is 10.8 Å². The first-order valence-electron chi connectivity index (χ1n) is 6.51. The average Bonchev–Trinajstić information content (AvgIpc) is 2.53. The number of nitrogens with one attached hydrogen (secondary N) is 1. The van der Waals surface area contributed by atoms with Crippen LogP contribution in [0, 0.1) is 7.05 Å². The first-order chi connectivity index (χ1) is 10.6. The third-order valence-corrected chi connectivity index (χ3v) is 3.84. The van der Waals surface area contributed by atoms with Crippen molar-refractivity contribution in [2.24, 2.45) is 0 Å². The molecule has 3 nitrogen and oxygen atoms in total. The van der Waals surface area contributed by atoms with Crippen LogP contribution in [0.4, 0.5) is 5.69 Å². The van der Waals surface area contributed by atoms with E-state index < -0.39 is 0 Å². The van der Waals surface area contributed by atoms with Gasteiger partial charge in [-0.2, -0.15) is 0 Å². The van der Waals surface area contributed by atoms with Crippen molar-refractivity contribution in [2.75, 3.05) is 5.32 Å². The summed E-state index contributed by atoms with van der Waals surface area (Å²) >= 11 is 12.4. The monoisotopic (exact) mass is 332 g/mol. The molecule has 0 aromatic heterocycles. The molecule has 3 aromatic carbocycles. The van der Waals surface area contributed by atoms with Gasteiger partial charge in [-0.25, -0.2) is 0 Å². The van der Waals surface area contributed by atoms with Crippen molar-refractivity contribution < 1.29 is 9.84 Å². The third-order valence-electron chi connectivity index (χ3n) is 3.28. The van der Waals surface area contributed by atoms with Gasteiger partial charge in [0.1, 0.15) is 11.5 Å². The molecular formula is C17H12Cl2NO2. The zero-order valence-corrected chi connectivity index (χ0v) is 12.9. The maximum atomic E-state index is 9.92. The summed E-state index contributed by atoms with van der Waals surface area (Å²) in [6, 6.07) is 14.0. The standard InChI is InChI=1S/C17H12Cl2NO2/c1-20-10-8-13(18)17(14(19)9-10)22-16-7-6-15(21)11-4-2-3-5-12(11)16/h2-9,20-21H,1H2. The Balaban J connectivity index is 2.10. The minimum Gasteiger partial charge on any atom is -0.507 e. The lowest BCUT2D eigenvalue weighted by Gasteiger charge is -2.13. The molecule has 5 heteroatoms. The van der Waals surface area contributed by atoms with E-state index in [0.29, 0.717) is 32.6 Å². The third kappa shape index (κ3) is 2.65. The van der Waals surface area contributed by atoms with Crippen LogP contribution in [0.2, 0.25) is 10.0 Å². The maximum Gasteiger partial charge on any atom is 0.164 e. The largest absolute Gasteiger partial charge is 0.507 e. The molecular weight excluding hydrogens is 321 g/mol. The van der Waals surface area contributed by atoms with Gasteiger partial charge in [0, 0.05) is 23.5 Å². The number of hydrogen-bond acceptors (Lipinski definition) is 3. The molecule has 111 valence electrons. The Kier molecular flexibility index (Phi) is 4.01. The van der Waals surface area contributed by atoms with Crippen LogP contribution >= 0.6 is 23.2 Å². The number of aromatic hydroxyl groups is 1. The van der Waals surface area contributed by atoms with E-state index in [0.717, 1.165) is 5.39 Å². The van der Waals surface area contributed by atoms with Gasteiger partial charge in [0.2, 0.25) is 0 Å². The molecule has 2 N–H and O–H groups in total. The predicted octanol–water partition coefficient (Wildman–Crippen LogP) is 5.85. The van der Waals surface area contributed by atoms with Gasteiger partial charge in [0.25, 0.3) is 0 Å². The second kappa shape index (κ2) is 5.95. The van der Waals surface area contributed by atoms with E-state index in [1.165, 1.54) is 0 Å². The minimum absolute atomic E-state index is 0.191. The Morgan fingerprint density at radius 3 is 2.23 bits per heavy atom. The highest BCUT2D eigenvalue weighted by Gasteiger charge is 2.13. The fourth-order valence-electron chi connectivity index (χ4n) is 2.21. The van der Waals surface area contributed by atoms with Gasteiger partial charge < -0.3 is 15.2 Å². The molecule has 0 unspecified atom stereocenters. The summed E-state index contributed by atoms with van der Waals surface area (Å²) in [4.78, 5) is 0. The highest BCUT2D eigenvalue weighted by Crippen LogP contribution is 2.41.